The molecule has 0 bridgehead atoms. The van der Waals surface area contributed by atoms with E-state index in [0.717, 1.165) is 0 Å². The maximum atomic E-state index is 12.1. The fraction of sp³-hybridized carbons (Fsp3) is 0.714. The van der Waals surface area contributed by atoms with Crippen molar-refractivity contribution in [3.05, 3.63) is 32.6 Å². The monoisotopic (exact) mass is 343 g/mol. The maximum Gasteiger partial charge on any atom is 0.329 e. The lowest BCUT2D eigenvalue weighted by atomic mass is 10.0. The van der Waals surface area contributed by atoms with Crippen LogP contribution in [-0.2, 0) is 16.1 Å². The first-order chi connectivity index (χ1) is 11.5. The summed E-state index contributed by atoms with van der Waals surface area (Å²) in [6.07, 6.45) is -3.44. The second kappa shape index (κ2) is 7.13. The SMILES string of the molecule is O=c1[nH]c(=O)n(CN2CCOCC2)cc1[C@@H]1O[C@H](CO)[C@@H](O)[C@H]1O. The smallest absolute Gasteiger partial charge is 0.329 e. The van der Waals surface area contributed by atoms with Gasteiger partial charge in [-0.15, -0.1) is 0 Å². The molecule has 0 saturated carbocycles. The van der Waals surface area contributed by atoms with Crippen molar-refractivity contribution in [2.45, 2.75) is 31.1 Å². The number of H-pyrrole nitrogens is 1. The highest BCUT2D eigenvalue weighted by molar-refractivity contribution is 5.14. The van der Waals surface area contributed by atoms with E-state index in [4.69, 9.17) is 14.6 Å². The van der Waals surface area contributed by atoms with Crippen LogP contribution in [0.4, 0.5) is 0 Å². The molecule has 24 heavy (non-hydrogen) atoms. The van der Waals surface area contributed by atoms with Gasteiger partial charge < -0.3 is 24.8 Å². The molecule has 2 fully saturated rings. The van der Waals surface area contributed by atoms with Gasteiger partial charge in [0.25, 0.3) is 5.56 Å². The summed E-state index contributed by atoms with van der Waals surface area (Å²) in [5.41, 5.74) is -1.22. The Hall–Kier alpha value is -1.56. The molecule has 3 rings (SSSR count). The van der Waals surface area contributed by atoms with Gasteiger partial charge in [-0.2, -0.15) is 0 Å². The van der Waals surface area contributed by atoms with Crippen LogP contribution in [0.15, 0.2) is 15.8 Å². The minimum Gasteiger partial charge on any atom is -0.394 e. The van der Waals surface area contributed by atoms with Gasteiger partial charge in [-0.1, -0.05) is 0 Å². The molecular formula is C14H21N3O7. The van der Waals surface area contributed by atoms with Crippen LogP contribution in [0, 0.1) is 0 Å². The van der Waals surface area contributed by atoms with Crippen LogP contribution in [0.25, 0.3) is 0 Å². The topological polar surface area (TPSA) is 137 Å². The summed E-state index contributed by atoms with van der Waals surface area (Å²) in [4.78, 5) is 28.3. The summed E-state index contributed by atoms with van der Waals surface area (Å²) < 4.78 is 11.9. The molecule has 3 heterocycles. The zero-order chi connectivity index (χ0) is 17.3. The van der Waals surface area contributed by atoms with E-state index in [1.807, 2.05) is 4.90 Å². The fourth-order valence-corrected chi connectivity index (χ4v) is 2.95. The van der Waals surface area contributed by atoms with Gasteiger partial charge in [0.15, 0.2) is 0 Å². The van der Waals surface area contributed by atoms with Crippen molar-refractivity contribution < 1.29 is 24.8 Å². The van der Waals surface area contributed by atoms with Crippen molar-refractivity contribution in [2.75, 3.05) is 32.9 Å². The maximum absolute atomic E-state index is 12.1. The molecule has 2 saturated heterocycles. The Morgan fingerprint density at radius 3 is 2.54 bits per heavy atom. The van der Waals surface area contributed by atoms with Gasteiger partial charge in [-0.3, -0.25) is 19.2 Å². The molecule has 0 unspecified atom stereocenters. The summed E-state index contributed by atoms with van der Waals surface area (Å²) in [7, 11) is 0. The lowest BCUT2D eigenvalue weighted by molar-refractivity contribution is -0.0235. The van der Waals surface area contributed by atoms with Gasteiger partial charge in [0, 0.05) is 19.3 Å². The largest absolute Gasteiger partial charge is 0.394 e. The first-order valence-corrected chi connectivity index (χ1v) is 7.77. The van der Waals surface area contributed by atoms with Gasteiger partial charge in [0.2, 0.25) is 0 Å². The van der Waals surface area contributed by atoms with Crippen LogP contribution in [0.5, 0.6) is 0 Å². The van der Waals surface area contributed by atoms with Crippen molar-refractivity contribution in [3.8, 4) is 0 Å². The van der Waals surface area contributed by atoms with Crippen molar-refractivity contribution in [3.63, 3.8) is 0 Å². The standard InChI is InChI=1S/C14H21N3O7/c18-6-9-10(19)11(20)12(24-9)8-5-17(14(22)15-13(8)21)7-16-1-3-23-4-2-16/h5,9-12,18-20H,1-4,6-7H2,(H,15,21,22)/t9-,10-,11-,12+/m1/s1. The zero-order valence-corrected chi connectivity index (χ0v) is 13.0. The second-order valence-electron chi connectivity index (χ2n) is 5.94. The van der Waals surface area contributed by atoms with Crippen LogP contribution in [0.3, 0.4) is 0 Å². The lowest BCUT2D eigenvalue weighted by Gasteiger charge is -2.27. The van der Waals surface area contributed by atoms with Gasteiger partial charge in [-0.05, 0) is 0 Å². The van der Waals surface area contributed by atoms with Crippen molar-refractivity contribution in [2.24, 2.45) is 0 Å². The molecule has 2 aliphatic rings. The predicted molar refractivity (Wildman–Crippen MR) is 80.4 cm³/mol. The number of aromatic amines is 1. The molecule has 10 nitrogen and oxygen atoms in total. The van der Waals surface area contributed by atoms with E-state index >= 15 is 0 Å². The Morgan fingerprint density at radius 2 is 1.92 bits per heavy atom. The first-order valence-electron chi connectivity index (χ1n) is 7.77. The molecule has 4 N–H and O–H groups in total. The number of morpholine rings is 1. The lowest BCUT2D eigenvalue weighted by Crippen LogP contribution is -2.42. The quantitative estimate of drug-likeness (QED) is 0.453. The Bertz CT molecular complexity index is 682. The molecule has 0 aromatic carbocycles. The van der Waals surface area contributed by atoms with Crippen LogP contribution < -0.4 is 11.2 Å². The van der Waals surface area contributed by atoms with Crippen molar-refractivity contribution in [1.29, 1.82) is 0 Å². The summed E-state index contributed by atoms with van der Waals surface area (Å²) in [6.45, 7) is 2.24. The highest BCUT2D eigenvalue weighted by Gasteiger charge is 2.44. The second-order valence-corrected chi connectivity index (χ2v) is 5.94. The minimum absolute atomic E-state index is 0.0327. The van der Waals surface area contributed by atoms with Crippen LogP contribution >= 0.6 is 0 Å². The third-order valence-corrected chi connectivity index (χ3v) is 4.34. The highest BCUT2D eigenvalue weighted by atomic mass is 16.6. The Labute approximate surface area is 136 Å². The Morgan fingerprint density at radius 1 is 1.21 bits per heavy atom. The third kappa shape index (κ3) is 3.29. The number of aliphatic hydroxyl groups excluding tert-OH is 3. The summed E-state index contributed by atoms with van der Waals surface area (Å²) in [5, 5.41) is 29.0. The first kappa shape index (κ1) is 17.3. The molecular weight excluding hydrogens is 322 g/mol. The molecule has 2 aliphatic heterocycles. The molecule has 0 amide bonds. The molecule has 0 aliphatic carbocycles. The van der Waals surface area contributed by atoms with E-state index in [-0.39, 0.29) is 12.2 Å². The highest BCUT2D eigenvalue weighted by Crippen LogP contribution is 2.31. The molecule has 0 radical (unpaired) electrons. The number of hydrogen-bond donors (Lipinski definition) is 4. The zero-order valence-electron chi connectivity index (χ0n) is 13.0. The Balaban J connectivity index is 1.87. The van der Waals surface area contributed by atoms with Crippen LogP contribution in [0.1, 0.15) is 11.7 Å². The van der Waals surface area contributed by atoms with Crippen molar-refractivity contribution >= 4 is 0 Å². The number of nitrogens with one attached hydrogen (secondary N) is 1. The fourth-order valence-electron chi connectivity index (χ4n) is 2.95. The number of aliphatic hydroxyl groups is 3. The number of nitrogens with zero attached hydrogens (tertiary/aromatic N) is 2. The normalized spacial score (nSPS) is 31.5. The van der Waals surface area contributed by atoms with Crippen LogP contribution in [-0.4, -0.2) is 81.0 Å². The number of ether oxygens (including phenoxy) is 2. The number of hydrogen-bond acceptors (Lipinski definition) is 8. The van der Waals surface area contributed by atoms with Gasteiger partial charge in [0.05, 0.1) is 32.1 Å². The average molecular weight is 343 g/mol. The summed E-state index contributed by atoms with van der Waals surface area (Å²) in [5.74, 6) is 0. The molecule has 134 valence electrons. The summed E-state index contributed by atoms with van der Waals surface area (Å²) in [6, 6.07) is 0. The van der Waals surface area contributed by atoms with E-state index in [9.17, 15) is 19.8 Å². The number of aromatic nitrogens is 2. The molecule has 4 atom stereocenters. The Kier molecular flexibility index (Phi) is 5.13. The van der Waals surface area contributed by atoms with E-state index in [2.05, 4.69) is 4.98 Å². The average Bonchev–Trinajstić information content (AvgIpc) is 2.86. The summed E-state index contributed by atoms with van der Waals surface area (Å²) >= 11 is 0. The van der Waals surface area contributed by atoms with E-state index in [1.165, 1.54) is 10.8 Å². The molecule has 10 heteroatoms. The van der Waals surface area contributed by atoms with E-state index in [0.29, 0.717) is 26.3 Å². The molecule has 1 aromatic heterocycles. The third-order valence-electron chi connectivity index (χ3n) is 4.34. The predicted octanol–water partition coefficient (Wildman–Crippen LogP) is -3.02. The number of rotatable bonds is 4. The van der Waals surface area contributed by atoms with Crippen molar-refractivity contribution in [1.82, 2.24) is 14.5 Å². The van der Waals surface area contributed by atoms with Gasteiger partial charge in [0.1, 0.15) is 24.4 Å². The van der Waals surface area contributed by atoms with Gasteiger partial charge in [-0.25, -0.2) is 4.79 Å². The van der Waals surface area contributed by atoms with Gasteiger partial charge >= 0.3 is 5.69 Å². The van der Waals surface area contributed by atoms with E-state index < -0.39 is 42.3 Å². The minimum atomic E-state index is -1.36. The van der Waals surface area contributed by atoms with E-state index in [1.54, 1.807) is 0 Å². The molecule has 0 spiro atoms. The van der Waals surface area contributed by atoms with Crippen LogP contribution in [0.2, 0.25) is 0 Å². The molecule has 1 aromatic rings.